The quantitative estimate of drug-likeness (QED) is 0.701. The molecule has 2 N–H and O–H groups in total. The lowest BCUT2D eigenvalue weighted by atomic mass is 10.2. The van der Waals surface area contributed by atoms with Crippen LogP contribution >= 0.6 is 27.3 Å². The van der Waals surface area contributed by atoms with Gasteiger partial charge in [-0.05, 0) is 37.1 Å². The summed E-state index contributed by atoms with van der Waals surface area (Å²) in [6, 6.07) is 5.91. The van der Waals surface area contributed by atoms with Gasteiger partial charge in [0.05, 0.1) is 5.39 Å². The highest BCUT2D eigenvalue weighted by molar-refractivity contribution is 9.10. The minimum absolute atomic E-state index is 0.295. The van der Waals surface area contributed by atoms with Crippen LogP contribution in [0.4, 0.5) is 11.5 Å². The Hall–Kier alpha value is -1.99. The predicted octanol–water partition coefficient (Wildman–Crippen LogP) is 4.51. The largest absolute Gasteiger partial charge is 0.477 e. The van der Waals surface area contributed by atoms with Crippen molar-refractivity contribution in [1.82, 2.24) is 9.97 Å². The molecule has 0 unspecified atom stereocenters. The zero-order valence-corrected chi connectivity index (χ0v) is 14.2. The highest BCUT2D eigenvalue weighted by Crippen LogP contribution is 2.34. The summed E-state index contributed by atoms with van der Waals surface area (Å²) in [6.07, 6.45) is 1.44. The fourth-order valence-electron chi connectivity index (χ4n) is 2.18. The van der Waals surface area contributed by atoms with Crippen LogP contribution < -0.4 is 5.32 Å². The number of rotatable bonds is 3. The zero-order chi connectivity index (χ0) is 15.9. The topological polar surface area (TPSA) is 75.1 Å². The van der Waals surface area contributed by atoms with Crippen molar-refractivity contribution < 1.29 is 9.90 Å². The number of nitrogens with one attached hydrogen (secondary N) is 1. The monoisotopic (exact) mass is 377 g/mol. The highest BCUT2D eigenvalue weighted by Gasteiger charge is 2.18. The number of benzene rings is 1. The van der Waals surface area contributed by atoms with E-state index in [2.05, 4.69) is 31.2 Å². The normalized spacial score (nSPS) is 10.9. The lowest BCUT2D eigenvalue weighted by molar-refractivity contribution is 0.0701. The molecule has 2 heterocycles. The van der Waals surface area contributed by atoms with Crippen LogP contribution in [0.25, 0.3) is 10.2 Å². The van der Waals surface area contributed by atoms with Gasteiger partial charge >= 0.3 is 5.97 Å². The van der Waals surface area contributed by atoms with Gasteiger partial charge in [0.15, 0.2) is 0 Å². The van der Waals surface area contributed by atoms with Crippen LogP contribution in [0.3, 0.4) is 0 Å². The van der Waals surface area contributed by atoms with Gasteiger partial charge in [0.25, 0.3) is 0 Å². The SMILES string of the molecule is Cc1ccc(Nc2ncnc3sc(C(=O)O)c(C)c23)cc1Br. The molecule has 3 aromatic rings. The molecule has 0 spiro atoms. The number of anilines is 2. The first kappa shape index (κ1) is 14.9. The molecule has 0 bridgehead atoms. The summed E-state index contributed by atoms with van der Waals surface area (Å²) in [4.78, 5) is 20.7. The second kappa shape index (κ2) is 5.66. The summed E-state index contributed by atoms with van der Waals surface area (Å²) in [7, 11) is 0. The fraction of sp³-hybridized carbons (Fsp3) is 0.133. The molecule has 3 rings (SSSR count). The molecule has 0 aliphatic heterocycles. The Morgan fingerprint density at radius 2 is 2.09 bits per heavy atom. The smallest absolute Gasteiger partial charge is 0.346 e. The minimum atomic E-state index is -0.940. The molecule has 1 aromatic carbocycles. The first-order chi connectivity index (χ1) is 10.5. The van der Waals surface area contributed by atoms with Crippen LogP contribution in [-0.2, 0) is 0 Å². The summed E-state index contributed by atoms with van der Waals surface area (Å²) in [5, 5.41) is 13.2. The summed E-state index contributed by atoms with van der Waals surface area (Å²) >= 11 is 4.66. The molecule has 0 radical (unpaired) electrons. The van der Waals surface area contributed by atoms with Crippen molar-refractivity contribution in [2.45, 2.75) is 13.8 Å². The maximum absolute atomic E-state index is 11.3. The number of carboxylic acids is 1. The molecule has 7 heteroatoms. The standard InChI is InChI=1S/C15H12BrN3O2S/c1-7-3-4-9(5-10(7)16)19-13-11-8(2)12(15(20)21)22-14(11)18-6-17-13/h3-6H,1-2H3,(H,20,21)(H,17,18,19). The van der Waals surface area contributed by atoms with E-state index >= 15 is 0 Å². The Labute approximate surface area is 139 Å². The van der Waals surface area contributed by atoms with Gasteiger partial charge in [-0.1, -0.05) is 22.0 Å². The second-order valence-corrected chi connectivity index (χ2v) is 6.71. The van der Waals surface area contributed by atoms with Crippen molar-refractivity contribution in [2.24, 2.45) is 0 Å². The number of carboxylic acid groups (broad SMARTS) is 1. The van der Waals surface area contributed by atoms with Gasteiger partial charge in [-0.15, -0.1) is 11.3 Å². The van der Waals surface area contributed by atoms with Gasteiger partial charge in [-0.3, -0.25) is 0 Å². The lowest BCUT2D eigenvalue weighted by Gasteiger charge is -2.08. The van der Waals surface area contributed by atoms with Crippen molar-refractivity contribution in [3.63, 3.8) is 0 Å². The average Bonchev–Trinajstić information content (AvgIpc) is 2.81. The second-order valence-electron chi connectivity index (χ2n) is 4.85. The van der Waals surface area contributed by atoms with E-state index in [9.17, 15) is 9.90 Å². The fourth-order valence-corrected chi connectivity index (χ4v) is 3.54. The van der Waals surface area contributed by atoms with Crippen molar-refractivity contribution >= 4 is 55.0 Å². The van der Waals surface area contributed by atoms with Gasteiger partial charge in [-0.25, -0.2) is 14.8 Å². The number of halogens is 1. The van der Waals surface area contributed by atoms with E-state index in [1.54, 1.807) is 6.92 Å². The highest BCUT2D eigenvalue weighted by atomic mass is 79.9. The third kappa shape index (κ3) is 2.57. The van der Waals surface area contributed by atoms with Crippen LogP contribution in [0.2, 0.25) is 0 Å². The molecule has 2 aromatic heterocycles. The van der Waals surface area contributed by atoms with Gasteiger partial charge < -0.3 is 10.4 Å². The average molecular weight is 378 g/mol. The maximum atomic E-state index is 11.3. The van der Waals surface area contributed by atoms with E-state index in [1.807, 2.05) is 25.1 Å². The molecular weight excluding hydrogens is 366 g/mol. The third-order valence-electron chi connectivity index (χ3n) is 3.36. The number of nitrogens with zero attached hydrogens (tertiary/aromatic N) is 2. The van der Waals surface area contributed by atoms with Crippen molar-refractivity contribution in [3.05, 3.63) is 45.0 Å². The lowest BCUT2D eigenvalue weighted by Crippen LogP contribution is -1.97. The summed E-state index contributed by atoms with van der Waals surface area (Å²) in [5.41, 5.74) is 2.69. The molecule has 0 saturated carbocycles. The van der Waals surface area contributed by atoms with E-state index in [-0.39, 0.29) is 0 Å². The van der Waals surface area contributed by atoms with E-state index in [4.69, 9.17) is 0 Å². The molecule has 0 amide bonds. The Bertz CT molecular complexity index is 892. The maximum Gasteiger partial charge on any atom is 0.346 e. The number of aromatic carboxylic acids is 1. The first-order valence-corrected chi connectivity index (χ1v) is 8.09. The van der Waals surface area contributed by atoms with E-state index in [0.29, 0.717) is 21.1 Å². The van der Waals surface area contributed by atoms with E-state index < -0.39 is 5.97 Å². The van der Waals surface area contributed by atoms with Gasteiger partial charge in [0, 0.05) is 10.2 Å². The number of aromatic nitrogens is 2. The molecule has 0 aliphatic rings. The zero-order valence-electron chi connectivity index (χ0n) is 11.8. The number of hydrogen-bond acceptors (Lipinski definition) is 5. The van der Waals surface area contributed by atoms with Crippen LogP contribution in [0.15, 0.2) is 29.0 Å². The van der Waals surface area contributed by atoms with Crippen LogP contribution in [0.1, 0.15) is 20.8 Å². The molecular formula is C15H12BrN3O2S. The Kier molecular flexibility index (Phi) is 3.84. The van der Waals surface area contributed by atoms with Crippen LogP contribution in [-0.4, -0.2) is 21.0 Å². The molecule has 0 fully saturated rings. The van der Waals surface area contributed by atoms with Crippen LogP contribution in [0.5, 0.6) is 0 Å². The third-order valence-corrected chi connectivity index (χ3v) is 5.40. The van der Waals surface area contributed by atoms with Gasteiger partial charge in [0.1, 0.15) is 21.9 Å². The molecule has 22 heavy (non-hydrogen) atoms. The number of fused-ring (bicyclic) bond motifs is 1. The minimum Gasteiger partial charge on any atom is -0.477 e. The van der Waals surface area contributed by atoms with Crippen LogP contribution in [0, 0.1) is 13.8 Å². The number of thiophene rings is 1. The number of aryl methyl sites for hydroxylation is 2. The molecule has 0 saturated heterocycles. The summed E-state index contributed by atoms with van der Waals surface area (Å²) < 4.78 is 0.996. The predicted molar refractivity (Wildman–Crippen MR) is 91.3 cm³/mol. The first-order valence-electron chi connectivity index (χ1n) is 6.48. The number of carbonyl (C=O) groups is 1. The molecule has 0 aliphatic carbocycles. The molecule has 5 nitrogen and oxygen atoms in total. The van der Waals surface area contributed by atoms with Crippen molar-refractivity contribution in [1.29, 1.82) is 0 Å². The Morgan fingerprint density at radius 1 is 1.32 bits per heavy atom. The Balaban J connectivity index is 2.10. The van der Waals surface area contributed by atoms with Crippen molar-refractivity contribution in [2.75, 3.05) is 5.32 Å². The summed E-state index contributed by atoms with van der Waals surface area (Å²) in [6.45, 7) is 3.79. The van der Waals surface area contributed by atoms with E-state index in [1.165, 1.54) is 6.33 Å². The molecule has 0 atom stereocenters. The van der Waals surface area contributed by atoms with E-state index in [0.717, 1.165) is 32.4 Å². The van der Waals surface area contributed by atoms with Crippen molar-refractivity contribution in [3.8, 4) is 0 Å². The summed E-state index contributed by atoms with van der Waals surface area (Å²) in [5.74, 6) is -0.327. The van der Waals surface area contributed by atoms with Gasteiger partial charge in [-0.2, -0.15) is 0 Å². The van der Waals surface area contributed by atoms with Gasteiger partial charge in [0.2, 0.25) is 0 Å². The molecule has 112 valence electrons. The Morgan fingerprint density at radius 3 is 2.77 bits per heavy atom. The number of hydrogen-bond donors (Lipinski definition) is 2.